The lowest BCUT2D eigenvalue weighted by Gasteiger charge is -2.40. The van der Waals surface area contributed by atoms with Crippen LogP contribution >= 0.6 is 11.3 Å². The number of nitrogens with one attached hydrogen (secondary N) is 3. The van der Waals surface area contributed by atoms with Crippen LogP contribution in [0.5, 0.6) is 0 Å². The molecule has 6 heteroatoms. The van der Waals surface area contributed by atoms with E-state index in [2.05, 4.69) is 178 Å². The van der Waals surface area contributed by atoms with Crippen LogP contribution < -0.4 is 26.6 Å². The first-order valence-electron chi connectivity index (χ1n) is 20.1. The van der Waals surface area contributed by atoms with Crippen molar-refractivity contribution in [3.05, 3.63) is 179 Å². The molecule has 1 fully saturated rings. The Balaban J connectivity index is 0.959. The number of fused-ring (bicyclic) bond motifs is 9. The van der Waals surface area contributed by atoms with Crippen LogP contribution in [0.1, 0.15) is 54.0 Å². The number of furan rings is 1. The Bertz CT molecular complexity index is 3140. The molecule has 6 aromatic carbocycles. The van der Waals surface area contributed by atoms with Crippen molar-refractivity contribution in [2.75, 3.05) is 0 Å². The number of rotatable bonds is 5. The quantitative estimate of drug-likeness (QED) is 0.164. The number of allylic oxidation sites excluding steroid dienone is 1. The third-order valence-corrected chi connectivity index (χ3v) is 13.4. The maximum Gasteiger partial charge on any atom is 0.143 e. The van der Waals surface area contributed by atoms with Crippen molar-refractivity contribution in [3.8, 4) is 16.8 Å². The molecular weight excluding hydrogens is 717 g/mol. The second kappa shape index (κ2) is 13.3. The van der Waals surface area contributed by atoms with Gasteiger partial charge in [-0.15, -0.1) is 11.3 Å². The van der Waals surface area contributed by atoms with E-state index in [-0.39, 0.29) is 18.5 Å². The minimum atomic E-state index is -0.0523. The summed E-state index contributed by atoms with van der Waals surface area (Å²) in [5, 5.41) is 18.0. The van der Waals surface area contributed by atoms with Gasteiger partial charge in [-0.25, -0.2) is 0 Å². The van der Waals surface area contributed by atoms with E-state index in [1.54, 1.807) is 0 Å². The van der Waals surface area contributed by atoms with E-state index in [1.165, 1.54) is 80.9 Å². The molecule has 2 atom stereocenters. The largest absolute Gasteiger partial charge is 0.456 e. The molecule has 1 aliphatic heterocycles. The smallest absolute Gasteiger partial charge is 0.143 e. The molecule has 0 amide bonds. The van der Waals surface area contributed by atoms with E-state index in [9.17, 15) is 0 Å². The first-order valence-corrected chi connectivity index (χ1v) is 21.0. The number of hydrogen-bond donors (Lipinski definition) is 3. The number of para-hydroxylation sites is 2. The standard InChI is InChI=1S/C51H40N4OS/c1-3-13-31(14-4-1)49-52-50(32-15-5-2-6-16-32)54-51(53-49)40-21-12-24-44-47(40)39-20-11-19-35(48(39)56-44)33-25-28-45-41(29-33)38-27-26-34(30-46(38)57-45)55-42-22-9-7-17-36(42)37-18-8-10-23-43(37)55/h1-9,11,13-20,22,24-30,49-54H,10,12,21,23H2. The van der Waals surface area contributed by atoms with Gasteiger partial charge in [0.2, 0.25) is 0 Å². The van der Waals surface area contributed by atoms with E-state index in [0.717, 1.165) is 42.2 Å². The number of benzene rings is 6. The van der Waals surface area contributed by atoms with Crippen molar-refractivity contribution in [1.82, 2.24) is 20.5 Å². The van der Waals surface area contributed by atoms with E-state index in [0.29, 0.717) is 0 Å². The van der Waals surface area contributed by atoms with Gasteiger partial charge < -0.3 is 8.98 Å². The Morgan fingerprint density at radius 1 is 0.596 bits per heavy atom. The van der Waals surface area contributed by atoms with Gasteiger partial charge in [0.1, 0.15) is 11.0 Å². The summed E-state index contributed by atoms with van der Waals surface area (Å²) >= 11 is 1.88. The van der Waals surface area contributed by atoms with Crippen molar-refractivity contribution in [3.63, 3.8) is 0 Å². The monoisotopic (exact) mass is 756 g/mol. The van der Waals surface area contributed by atoms with Crippen LogP contribution in [0, 0.1) is 0 Å². The molecule has 0 bridgehead atoms. The van der Waals surface area contributed by atoms with Gasteiger partial charge in [-0.2, -0.15) is 0 Å². The molecule has 57 heavy (non-hydrogen) atoms. The fourth-order valence-electron chi connectivity index (χ4n) is 9.67. The summed E-state index contributed by atoms with van der Waals surface area (Å²) in [6.45, 7) is 0. The molecule has 3 aromatic heterocycles. The summed E-state index contributed by atoms with van der Waals surface area (Å²) in [5.41, 5.74) is 13.3. The van der Waals surface area contributed by atoms with Crippen LogP contribution in [0.2, 0.25) is 0 Å². The highest BCUT2D eigenvalue weighted by Crippen LogP contribution is 2.41. The molecule has 276 valence electrons. The minimum Gasteiger partial charge on any atom is -0.456 e. The summed E-state index contributed by atoms with van der Waals surface area (Å²) in [6.07, 6.45) is 10.8. The van der Waals surface area contributed by atoms with E-state index < -0.39 is 0 Å². The Hall–Kier alpha value is -6.02. The highest BCUT2D eigenvalue weighted by atomic mass is 32.1. The molecule has 5 nitrogen and oxygen atoms in total. The van der Waals surface area contributed by atoms with Crippen molar-refractivity contribution in [2.45, 2.75) is 44.2 Å². The second-order valence-electron chi connectivity index (χ2n) is 15.6. The molecule has 4 heterocycles. The van der Waals surface area contributed by atoms with Gasteiger partial charge >= 0.3 is 0 Å². The third-order valence-electron chi connectivity index (χ3n) is 12.3. The lowest BCUT2D eigenvalue weighted by Crippen LogP contribution is -2.60. The highest BCUT2D eigenvalue weighted by molar-refractivity contribution is 7.25. The Morgan fingerprint density at radius 3 is 2.18 bits per heavy atom. The van der Waals surface area contributed by atoms with Gasteiger partial charge in [0.05, 0.1) is 24.0 Å². The van der Waals surface area contributed by atoms with Crippen LogP contribution in [-0.2, 0) is 6.42 Å². The van der Waals surface area contributed by atoms with Gasteiger partial charge in [0.15, 0.2) is 0 Å². The normalized spacial score (nSPS) is 19.3. The SMILES string of the molecule is C1=Cc2c(n(-c3ccc4c(c3)sc3ccc(-c5cccc6c7c(oc56)=CCCC=7C5NC(c6ccccc6)NC(c6ccccc6)N5)cc34)c3ccccc23)CC1. The van der Waals surface area contributed by atoms with Crippen molar-refractivity contribution in [1.29, 1.82) is 0 Å². The van der Waals surface area contributed by atoms with Gasteiger partial charge in [-0.05, 0) is 84.4 Å². The van der Waals surface area contributed by atoms with Gasteiger partial charge in [0.25, 0.3) is 0 Å². The van der Waals surface area contributed by atoms with Crippen LogP contribution in [-0.4, -0.2) is 10.7 Å². The van der Waals surface area contributed by atoms with Crippen molar-refractivity contribution < 1.29 is 4.42 Å². The zero-order chi connectivity index (χ0) is 37.5. The van der Waals surface area contributed by atoms with Crippen LogP contribution in [0.4, 0.5) is 0 Å². The zero-order valence-electron chi connectivity index (χ0n) is 31.3. The first kappa shape index (κ1) is 33.2. The summed E-state index contributed by atoms with van der Waals surface area (Å²) in [5.74, 6) is 0. The summed E-state index contributed by atoms with van der Waals surface area (Å²) in [4.78, 5) is 0. The van der Waals surface area contributed by atoms with Crippen molar-refractivity contribution >= 4 is 71.1 Å². The Labute approximate surface area is 334 Å². The fourth-order valence-corrected chi connectivity index (χ4v) is 10.8. The Kier molecular flexibility index (Phi) is 7.73. The molecular formula is C51H40N4OS. The molecule has 0 radical (unpaired) electrons. The average molecular weight is 757 g/mol. The molecule has 0 spiro atoms. The predicted molar refractivity (Wildman–Crippen MR) is 237 cm³/mol. The molecule has 2 unspecified atom stereocenters. The third kappa shape index (κ3) is 5.40. The van der Waals surface area contributed by atoms with Gasteiger partial charge in [-0.3, -0.25) is 16.0 Å². The summed E-state index contributed by atoms with van der Waals surface area (Å²) < 4.78 is 12.0. The van der Waals surface area contributed by atoms with Crippen LogP contribution in [0.15, 0.2) is 150 Å². The minimum absolute atomic E-state index is 0.0217. The average Bonchev–Trinajstić information content (AvgIpc) is 3.96. The number of hydrogen-bond acceptors (Lipinski definition) is 5. The van der Waals surface area contributed by atoms with Crippen molar-refractivity contribution in [2.24, 2.45) is 0 Å². The number of nitrogens with zero attached hydrogens (tertiary/aromatic N) is 1. The van der Waals surface area contributed by atoms with E-state index in [1.807, 2.05) is 11.3 Å². The molecule has 3 N–H and O–H groups in total. The predicted octanol–water partition coefficient (Wildman–Crippen LogP) is 10.6. The second-order valence-corrected chi connectivity index (χ2v) is 16.6. The highest BCUT2D eigenvalue weighted by Gasteiger charge is 2.32. The lowest BCUT2D eigenvalue weighted by molar-refractivity contribution is 0.231. The number of aromatic nitrogens is 1. The maximum atomic E-state index is 6.89. The van der Waals surface area contributed by atoms with E-state index in [4.69, 9.17) is 4.42 Å². The molecule has 0 saturated carbocycles. The van der Waals surface area contributed by atoms with Crippen LogP contribution in [0.3, 0.4) is 0 Å². The Morgan fingerprint density at radius 2 is 1.35 bits per heavy atom. The van der Waals surface area contributed by atoms with Gasteiger partial charge in [-0.1, -0.05) is 121 Å². The maximum absolute atomic E-state index is 6.89. The topological polar surface area (TPSA) is 54.2 Å². The lowest BCUT2D eigenvalue weighted by atomic mass is 9.95. The first-order chi connectivity index (χ1) is 28.2. The molecule has 1 saturated heterocycles. The molecule has 12 rings (SSSR count). The fraction of sp³-hybridized carbons (Fsp3) is 0.137. The van der Waals surface area contributed by atoms with Crippen LogP contribution in [0.25, 0.3) is 76.6 Å². The summed E-state index contributed by atoms with van der Waals surface area (Å²) in [7, 11) is 0. The molecule has 9 aromatic rings. The van der Waals surface area contributed by atoms with Gasteiger partial charge in [0, 0.05) is 58.7 Å². The number of thiophene rings is 1. The summed E-state index contributed by atoms with van der Waals surface area (Å²) in [6, 6.07) is 50.9. The molecule has 2 aliphatic carbocycles. The molecule has 3 aliphatic rings. The van der Waals surface area contributed by atoms with E-state index >= 15 is 0 Å². The zero-order valence-corrected chi connectivity index (χ0v) is 32.2.